The number of ether oxygens (including phenoxy) is 1. The number of carbonyl (C=O) groups is 1. The summed E-state index contributed by atoms with van der Waals surface area (Å²) in [5.41, 5.74) is -0.647. The highest BCUT2D eigenvalue weighted by Gasteiger charge is 2.36. The Labute approximate surface area is 145 Å². The van der Waals surface area contributed by atoms with Crippen LogP contribution in [0.15, 0.2) is 70.1 Å². The number of hydrogen-bond acceptors (Lipinski definition) is 5. The molecule has 1 amide bonds. The maximum Gasteiger partial charge on any atom is 0.255 e. The van der Waals surface area contributed by atoms with Crippen LogP contribution in [0.3, 0.4) is 0 Å². The highest BCUT2D eigenvalue weighted by atomic mass is 16.5. The predicted octanol–water partition coefficient (Wildman–Crippen LogP) is 2.94. The fourth-order valence-electron chi connectivity index (χ4n) is 2.58. The molecule has 0 spiro atoms. The van der Waals surface area contributed by atoms with Crippen molar-refractivity contribution in [2.75, 3.05) is 13.2 Å². The lowest BCUT2D eigenvalue weighted by atomic mass is 9.93. The van der Waals surface area contributed by atoms with Crippen LogP contribution in [0.5, 0.6) is 5.75 Å². The molecule has 0 fully saturated rings. The average Bonchev–Trinajstić information content (AvgIpc) is 3.34. The smallest absolute Gasteiger partial charge is 0.255 e. The minimum atomic E-state index is -1.54. The first kappa shape index (κ1) is 16.9. The maximum absolute atomic E-state index is 12.6. The van der Waals surface area contributed by atoms with Gasteiger partial charge in [-0.15, -0.1) is 0 Å². The Morgan fingerprint density at radius 1 is 1.20 bits per heavy atom. The SMILES string of the molecule is CCOc1ccccc1C(=O)NC[C@](O)(c1ccoc1)c1ccco1. The van der Waals surface area contributed by atoms with Gasteiger partial charge in [0, 0.05) is 5.56 Å². The molecule has 0 aliphatic carbocycles. The maximum atomic E-state index is 12.6. The first-order chi connectivity index (χ1) is 12.1. The first-order valence-corrected chi connectivity index (χ1v) is 7.94. The van der Waals surface area contributed by atoms with Gasteiger partial charge in [0.15, 0.2) is 5.60 Å². The van der Waals surface area contributed by atoms with E-state index in [0.717, 1.165) is 0 Å². The van der Waals surface area contributed by atoms with Crippen LogP contribution < -0.4 is 10.1 Å². The molecule has 0 saturated carbocycles. The molecule has 2 N–H and O–H groups in total. The fourth-order valence-corrected chi connectivity index (χ4v) is 2.58. The molecule has 0 bridgehead atoms. The summed E-state index contributed by atoms with van der Waals surface area (Å²) in [6, 6.07) is 11.9. The molecule has 3 rings (SSSR count). The van der Waals surface area contributed by atoms with Crippen molar-refractivity contribution >= 4 is 5.91 Å². The number of benzene rings is 1. The van der Waals surface area contributed by atoms with Crippen LogP contribution in [-0.4, -0.2) is 24.2 Å². The summed E-state index contributed by atoms with van der Waals surface area (Å²) >= 11 is 0. The summed E-state index contributed by atoms with van der Waals surface area (Å²) in [5.74, 6) is 0.456. The minimum absolute atomic E-state index is 0.0840. The second kappa shape index (κ2) is 7.27. The normalized spacial score (nSPS) is 13.2. The third kappa shape index (κ3) is 3.44. The quantitative estimate of drug-likeness (QED) is 0.690. The molecule has 3 aromatic rings. The summed E-state index contributed by atoms with van der Waals surface area (Å²) in [7, 11) is 0. The molecule has 0 radical (unpaired) electrons. The summed E-state index contributed by atoms with van der Waals surface area (Å²) in [4.78, 5) is 12.6. The number of carbonyl (C=O) groups excluding carboxylic acids is 1. The largest absolute Gasteiger partial charge is 0.493 e. The van der Waals surface area contributed by atoms with E-state index in [9.17, 15) is 9.90 Å². The Morgan fingerprint density at radius 2 is 2.04 bits per heavy atom. The van der Waals surface area contributed by atoms with Gasteiger partial charge in [-0.1, -0.05) is 12.1 Å². The van der Waals surface area contributed by atoms with Gasteiger partial charge < -0.3 is 24.0 Å². The van der Waals surface area contributed by atoms with Gasteiger partial charge in [-0.05, 0) is 37.3 Å². The van der Waals surface area contributed by atoms with Crippen LogP contribution in [0.2, 0.25) is 0 Å². The number of amides is 1. The van der Waals surface area contributed by atoms with E-state index in [4.69, 9.17) is 13.6 Å². The zero-order valence-corrected chi connectivity index (χ0v) is 13.8. The third-order valence-corrected chi connectivity index (χ3v) is 3.86. The van der Waals surface area contributed by atoms with E-state index in [1.165, 1.54) is 18.8 Å². The van der Waals surface area contributed by atoms with Crippen molar-refractivity contribution in [2.24, 2.45) is 0 Å². The van der Waals surface area contributed by atoms with Crippen molar-refractivity contribution in [1.29, 1.82) is 0 Å². The van der Waals surface area contributed by atoms with Gasteiger partial charge in [0.25, 0.3) is 5.91 Å². The molecule has 6 nitrogen and oxygen atoms in total. The lowest BCUT2D eigenvalue weighted by molar-refractivity contribution is 0.0519. The Morgan fingerprint density at radius 3 is 2.72 bits per heavy atom. The molecule has 0 saturated heterocycles. The van der Waals surface area contributed by atoms with E-state index in [0.29, 0.717) is 29.2 Å². The highest BCUT2D eigenvalue weighted by Crippen LogP contribution is 2.30. The van der Waals surface area contributed by atoms with Gasteiger partial charge in [0.2, 0.25) is 0 Å². The monoisotopic (exact) mass is 341 g/mol. The molecular weight excluding hydrogens is 322 g/mol. The average molecular weight is 341 g/mol. The van der Waals surface area contributed by atoms with Crippen molar-refractivity contribution in [3.8, 4) is 5.75 Å². The topological polar surface area (TPSA) is 84.8 Å². The molecule has 1 aromatic carbocycles. The summed E-state index contributed by atoms with van der Waals surface area (Å²) in [6.45, 7) is 2.22. The minimum Gasteiger partial charge on any atom is -0.493 e. The summed E-state index contributed by atoms with van der Waals surface area (Å²) in [6.07, 6.45) is 4.34. The molecule has 6 heteroatoms. The van der Waals surface area contributed by atoms with Crippen molar-refractivity contribution in [1.82, 2.24) is 5.32 Å². The lowest BCUT2D eigenvalue weighted by Crippen LogP contribution is -2.41. The number of para-hydroxylation sites is 1. The molecule has 0 unspecified atom stereocenters. The van der Waals surface area contributed by atoms with E-state index in [-0.39, 0.29) is 12.5 Å². The van der Waals surface area contributed by atoms with Crippen molar-refractivity contribution in [3.63, 3.8) is 0 Å². The second-order valence-electron chi connectivity index (χ2n) is 5.46. The number of furan rings is 2. The van der Waals surface area contributed by atoms with E-state index in [2.05, 4.69) is 5.32 Å². The van der Waals surface area contributed by atoms with E-state index in [1.54, 1.807) is 42.5 Å². The van der Waals surface area contributed by atoms with Crippen molar-refractivity contribution < 1.29 is 23.5 Å². The number of rotatable bonds is 7. The Bertz CT molecular complexity index is 774. The Balaban J connectivity index is 1.82. The van der Waals surface area contributed by atoms with Crippen LogP contribution in [0, 0.1) is 0 Å². The molecule has 2 aromatic heterocycles. The predicted molar refractivity (Wildman–Crippen MR) is 90.4 cm³/mol. The van der Waals surface area contributed by atoms with Crippen molar-refractivity contribution in [3.05, 3.63) is 78.1 Å². The number of aliphatic hydroxyl groups is 1. The van der Waals surface area contributed by atoms with E-state index < -0.39 is 5.60 Å². The molecule has 25 heavy (non-hydrogen) atoms. The van der Waals surface area contributed by atoms with Crippen LogP contribution >= 0.6 is 0 Å². The van der Waals surface area contributed by atoms with Crippen LogP contribution in [0.4, 0.5) is 0 Å². The molecule has 0 aliphatic rings. The van der Waals surface area contributed by atoms with Crippen LogP contribution in [0.1, 0.15) is 28.6 Å². The van der Waals surface area contributed by atoms with Gasteiger partial charge in [0.05, 0.1) is 37.5 Å². The molecule has 2 heterocycles. The van der Waals surface area contributed by atoms with E-state index in [1.807, 2.05) is 6.92 Å². The standard InChI is InChI=1S/C19H19NO5/c1-2-24-16-7-4-3-6-15(16)18(21)20-13-19(22,14-9-11-23-12-14)17-8-5-10-25-17/h3-12,22H,2,13H2,1H3,(H,20,21)/t19-/m0/s1. The Kier molecular flexibility index (Phi) is 4.90. The summed E-state index contributed by atoms with van der Waals surface area (Å²) < 4.78 is 15.9. The third-order valence-electron chi connectivity index (χ3n) is 3.86. The Hall–Kier alpha value is -2.99. The zero-order valence-electron chi connectivity index (χ0n) is 13.8. The molecular formula is C19H19NO5. The van der Waals surface area contributed by atoms with Crippen LogP contribution in [-0.2, 0) is 5.60 Å². The number of hydrogen-bond donors (Lipinski definition) is 2. The van der Waals surface area contributed by atoms with Gasteiger partial charge in [-0.25, -0.2) is 0 Å². The van der Waals surface area contributed by atoms with Gasteiger partial charge in [0.1, 0.15) is 11.5 Å². The molecule has 1 atom stereocenters. The van der Waals surface area contributed by atoms with Crippen molar-refractivity contribution in [2.45, 2.75) is 12.5 Å². The second-order valence-corrected chi connectivity index (χ2v) is 5.46. The lowest BCUT2D eigenvalue weighted by Gasteiger charge is -2.25. The van der Waals surface area contributed by atoms with Gasteiger partial charge in [-0.3, -0.25) is 4.79 Å². The van der Waals surface area contributed by atoms with Gasteiger partial charge >= 0.3 is 0 Å². The van der Waals surface area contributed by atoms with Crippen LogP contribution in [0.25, 0.3) is 0 Å². The van der Waals surface area contributed by atoms with E-state index >= 15 is 0 Å². The molecule has 0 aliphatic heterocycles. The first-order valence-electron chi connectivity index (χ1n) is 7.94. The fraction of sp³-hybridized carbons (Fsp3) is 0.211. The van der Waals surface area contributed by atoms with Gasteiger partial charge in [-0.2, -0.15) is 0 Å². The number of nitrogens with one attached hydrogen (secondary N) is 1. The highest BCUT2D eigenvalue weighted by molar-refractivity contribution is 5.97. The molecule has 130 valence electrons. The summed E-state index contributed by atoms with van der Waals surface area (Å²) in [5, 5.41) is 13.8. The zero-order chi connectivity index (χ0) is 17.7.